The van der Waals surface area contributed by atoms with Gasteiger partial charge in [0.25, 0.3) is 0 Å². The van der Waals surface area contributed by atoms with Crippen LogP contribution in [-0.4, -0.2) is 52.9 Å². The molecule has 96 valence electrons. The Balaban J connectivity index is 2.20. The molecule has 0 aliphatic carbocycles. The van der Waals surface area contributed by atoms with Crippen LogP contribution in [0.4, 0.5) is 0 Å². The Morgan fingerprint density at radius 1 is 1.31 bits per heavy atom. The standard InChI is InChI=1S/C13H29N3/c1-11-10-16(5)12(2)9-13(11)14-7-6-8-15(3)4/h11-14H,6-10H2,1-5H3/p+3/t11-,12-,13-/m1/s1. The van der Waals surface area contributed by atoms with Crippen LogP contribution in [0, 0.1) is 5.92 Å². The van der Waals surface area contributed by atoms with Crippen LogP contribution in [0.15, 0.2) is 0 Å². The molecule has 1 fully saturated rings. The summed E-state index contributed by atoms with van der Waals surface area (Å²) < 4.78 is 0. The van der Waals surface area contributed by atoms with Gasteiger partial charge in [0, 0.05) is 6.42 Å². The molecule has 3 nitrogen and oxygen atoms in total. The van der Waals surface area contributed by atoms with Gasteiger partial charge in [-0.05, 0) is 6.92 Å². The smallest absolute Gasteiger partial charge is 0.0996 e. The average Bonchev–Trinajstić information content (AvgIpc) is 2.19. The van der Waals surface area contributed by atoms with E-state index in [0.29, 0.717) is 0 Å². The van der Waals surface area contributed by atoms with Gasteiger partial charge in [-0.3, -0.25) is 0 Å². The highest BCUT2D eigenvalue weighted by Crippen LogP contribution is 2.07. The zero-order valence-corrected chi connectivity index (χ0v) is 11.8. The lowest BCUT2D eigenvalue weighted by Gasteiger charge is -2.35. The van der Waals surface area contributed by atoms with Crippen LogP contribution in [0.2, 0.25) is 0 Å². The minimum Gasteiger partial charge on any atom is -0.343 e. The number of likely N-dealkylation sites (tertiary alicyclic amines) is 1. The Morgan fingerprint density at radius 2 is 2.00 bits per heavy atom. The van der Waals surface area contributed by atoms with Crippen LogP contribution >= 0.6 is 0 Å². The fourth-order valence-electron chi connectivity index (χ4n) is 2.82. The van der Waals surface area contributed by atoms with E-state index in [1.807, 2.05) is 0 Å². The normalized spacial score (nSPS) is 35.6. The highest BCUT2D eigenvalue weighted by Gasteiger charge is 2.33. The molecule has 16 heavy (non-hydrogen) atoms. The second-order valence-corrected chi connectivity index (χ2v) is 6.16. The lowest BCUT2D eigenvalue weighted by molar-refractivity contribution is -0.923. The molecule has 4 N–H and O–H groups in total. The number of rotatable bonds is 5. The minimum atomic E-state index is 0.844. The molecule has 3 heteroatoms. The Morgan fingerprint density at radius 3 is 2.62 bits per heavy atom. The van der Waals surface area contributed by atoms with E-state index in [9.17, 15) is 0 Å². The molecule has 1 saturated heterocycles. The van der Waals surface area contributed by atoms with Crippen molar-refractivity contribution in [2.24, 2.45) is 5.92 Å². The molecule has 0 spiro atoms. The van der Waals surface area contributed by atoms with E-state index in [4.69, 9.17) is 0 Å². The lowest BCUT2D eigenvalue weighted by atomic mass is 9.90. The molecular formula is C13H32N3+3. The summed E-state index contributed by atoms with van der Waals surface area (Å²) in [5.41, 5.74) is 0. The first-order valence-corrected chi connectivity index (χ1v) is 6.95. The maximum Gasteiger partial charge on any atom is 0.0996 e. The van der Waals surface area contributed by atoms with Gasteiger partial charge in [0.1, 0.15) is 0 Å². The van der Waals surface area contributed by atoms with Gasteiger partial charge in [-0.25, -0.2) is 0 Å². The van der Waals surface area contributed by atoms with E-state index in [1.165, 1.54) is 32.5 Å². The van der Waals surface area contributed by atoms with Gasteiger partial charge in [0.05, 0.1) is 65.2 Å². The lowest BCUT2D eigenvalue weighted by Crippen LogP contribution is -3.16. The Hall–Kier alpha value is -0.120. The number of nitrogens with two attached hydrogens (primary N) is 1. The van der Waals surface area contributed by atoms with Crippen LogP contribution < -0.4 is 15.1 Å². The molecular weight excluding hydrogens is 198 g/mol. The van der Waals surface area contributed by atoms with Crippen molar-refractivity contribution in [1.82, 2.24) is 0 Å². The summed E-state index contributed by atoms with van der Waals surface area (Å²) in [5.74, 6) is 0.878. The van der Waals surface area contributed by atoms with Crippen molar-refractivity contribution in [2.75, 3.05) is 40.8 Å². The third-order valence-corrected chi connectivity index (χ3v) is 4.19. The maximum atomic E-state index is 2.61. The van der Waals surface area contributed by atoms with Crippen molar-refractivity contribution in [3.05, 3.63) is 0 Å². The number of quaternary nitrogens is 3. The van der Waals surface area contributed by atoms with Gasteiger partial charge in [0.15, 0.2) is 0 Å². The zero-order valence-electron chi connectivity index (χ0n) is 11.8. The second kappa shape index (κ2) is 6.58. The summed E-state index contributed by atoms with van der Waals surface area (Å²) in [6.45, 7) is 8.78. The maximum absolute atomic E-state index is 2.61. The summed E-state index contributed by atoms with van der Waals surface area (Å²) in [4.78, 5) is 3.29. The highest BCUT2D eigenvalue weighted by atomic mass is 15.2. The topological polar surface area (TPSA) is 25.5 Å². The third kappa shape index (κ3) is 4.40. The number of hydrogen-bond acceptors (Lipinski definition) is 0. The van der Waals surface area contributed by atoms with Gasteiger partial charge in [-0.2, -0.15) is 0 Å². The average molecular weight is 230 g/mol. The predicted molar refractivity (Wildman–Crippen MR) is 67.9 cm³/mol. The summed E-state index contributed by atoms with van der Waals surface area (Å²) in [5, 5.41) is 2.61. The Labute approximate surface area is 101 Å². The zero-order chi connectivity index (χ0) is 12.1. The van der Waals surface area contributed by atoms with Gasteiger partial charge in [-0.15, -0.1) is 0 Å². The van der Waals surface area contributed by atoms with Crippen molar-refractivity contribution in [3.63, 3.8) is 0 Å². The first kappa shape index (κ1) is 13.9. The quantitative estimate of drug-likeness (QED) is 0.432. The molecule has 1 aliphatic heterocycles. The van der Waals surface area contributed by atoms with E-state index in [-0.39, 0.29) is 0 Å². The van der Waals surface area contributed by atoms with Gasteiger partial charge in [0.2, 0.25) is 0 Å². The van der Waals surface area contributed by atoms with E-state index >= 15 is 0 Å². The van der Waals surface area contributed by atoms with Crippen LogP contribution in [0.1, 0.15) is 26.7 Å². The monoisotopic (exact) mass is 230 g/mol. The Kier molecular flexibility index (Phi) is 5.73. The van der Waals surface area contributed by atoms with E-state index in [2.05, 4.69) is 40.3 Å². The van der Waals surface area contributed by atoms with Crippen molar-refractivity contribution < 1.29 is 15.1 Å². The molecule has 4 atom stereocenters. The van der Waals surface area contributed by atoms with Gasteiger partial charge < -0.3 is 15.1 Å². The third-order valence-electron chi connectivity index (χ3n) is 4.19. The minimum absolute atomic E-state index is 0.844. The molecule has 0 aromatic rings. The molecule has 0 amide bonds. The largest absolute Gasteiger partial charge is 0.343 e. The van der Waals surface area contributed by atoms with E-state index in [1.54, 1.807) is 9.80 Å². The fraction of sp³-hybridized carbons (Fsp3) is 1.00. The summed E-state index contributed by atoms with van der Waals surface area (Å²) >= 11 is 0. The second-order valence-electron chi connectivity index (χ2n) is 6.16. The van der Waals surface area contributed by atoms with E-state index in [0.717, 1.165) is 18.0 Å². The van der Waals surface area contributed by atoms with Gasteiger partial charge >= 0.3 is 0 Å². The molecule has 1 rings (SSSR count). The van der Waals surface area contributed by atoms with Crippen molar-refractivity contribution >= 4 is 0 Å². The SMILES string of the molecule is C[C@@H]1C[NH+](C)[C@H](C)C[C@H]1[NH2+]CCC[NH+](C)C. The first-order chi connectivity index (χ1) is 7.50. The summed E-state index contributed by atoms with van der Waals surface area (Å²) in [6.07, 6.45) is 2.74. The van der Waals surface area contributed by atoms with E-state index < -0.39 is 0 Å². The van der Waals surface area contributed by atoms with Crippen LogP contribution in [0.3, 0.4) is 0 Å². The van der Waals surface area contributed by atoms with Crippen LogP contribution in [0.25, 0.3) is 0 Å². The van der Waals surface area contributed by atoms with Crippen LogP contribution in [-0.2, 0) is 0 Å². The number of piperidine rings is 1. The number of nitrogens with one attached hydrogen (secondary N) is 2. The molecule has 0 aromatic carbocycles. The van der Waals surface area contributed by atoms with Gasteiger partial charge in [-0.1, -0.05) is 6.92 Å². The molecule has 1 aliphatic rings. The molecule has 1 heterocycles. The van der Waals surface area contributed by atoms with Crippen molar-refractivity contribution in [3.8, 4) is 0 Å². The van der Waals surface area contributed by atoms with Crippen molar-refractivity contribution in [1.29, 1.82) is 0 Å². The molecule has 0 aromatic heterocycles. The molecule has 0 saturated carbocycles. The molecule has 0 bridgehead atoms. The first-order valence-electron chi connectivity index (χ1n) is 6.95. The predicted octanol–water partition coefficient (Wildman–Crippen LogP) is -2.60. The summed E-state index contributed by atoms with van der Waals surface area (Å²) in [6, 6.07) is 1.72. The van der Waals surface area contributed by atoms with Crippen molar-refractivity contribution in [2.45, 2.75) is 38.8 Å². The molecule has 1 unspecified atom stereocenters. The fourth-order valence-corrected chi connectivity index (χ4v) is 2.82. The van der Waals surface area contributed by atoms with Crippen LogP contribution in [0.5, 0.6) is 0 Å². The Bertz CT molecular complexity index is 194. The summed E-state index contributed by atoms with van der Waals surface area (Å²) in [7, 11) is 6.82. The number of hydrogen-bond donors (Lipinski definition) is 3. The molecule has 0 radical (unpaired) electrons. The highest BCUT2D eigenvalue weighted by molar-refractivity contribution is 4.70.